The average molecular weight is 365 g/mol. The van der Waals surface area contributed by atoms with Gasteiger partial charge in [0.05, 0.1) is 12.6 Å². The van der Waals surface area contributed by atoms with Gasteiger partial charge in [0.2, 0.25) is 5.91 Å². The van der Waals surface area contributed by atoms with Gasteiger partial charge < -0.3 is 5.32 Å². The summed E-state index contributed by atoms with van der Waals surface area (Å²) in [6.45, 7) is 4.98. The average Bonchev–Trinajstić information content (AvgIpc) is 3.17. The Morgan fingerprint density at radius 1 is 1.00 bits per heavy atom. The maximum Gasteiger partial charge on any atom is 0.234 e. The SMILES string of the molecule is Cc1ccc([C@@H](NCC(=O)NCc2ccccc2C)c2cccs2)cc1. The number of hydrogen-bond acceptors (Lipinski definition) is 3. The van der Waals surface area contributed by atoms with Crippen LogP contribution in [0.4, 0.5) is 0 Å². The van der Waals surface area contributed by atoms with Crippen LogP contribution in [0.2, 0.25) is 0 Å². The molecule has 0 saturated heterocycles. The van der Waals surface area contributed by atoms with E-state index in [2.05, 4.69) is 66.3 Å². The molecule has 0 aliphatic carbocycles. The van der Waals surface area contributed by atoms with Gasteiger partial charge in [-0.3, -0.25) is 10.1 Å². The van der Waals surface area contributed by atoms with Crippen LogP contribution in [0, 0.1) is 13.8 Å². The summed E-state index contributed by atoms with van der Waals surface area (Å²) in [5.41, 5.74) is 4.74. The smallest absolute Gasteiger partial charge is 0.234 e. The molecule has 2 N–H and O–H groups in total. The molecule has 0 saturated carbocycles. The summed E-state index contributed by atoms with van der Waals surface area (Å²) in [5.74, 6) is 0.00178. The summed E-state index contributed by atoms with van der Waals surface area (Å²) in [7, 11) is 0. The van der Waals surface area contributed by atoms with Crippen LogP contribution in [0.1, 0.15) is 33.2 Å². The predicted octanol–water partition coefficient (Wildman–Crippen LogP) is 4.36. The van der Waals surface area contributed by atoms with Crippen molar-refractivity contribution in [1.29, 1.82) is 0 Å². The van der Waals surface area contributed by atoms with E-state index in [-0.39, 0.29) is 18.5 Å². The highest BCUT2D eigenvalue weighted by Crippen LogP contribution is 2.26. The van der Waals surface area contributed by atoms with Gasteiger partial charge in [-0.25, -0.2) is 0 Å². The first-order chi connectivity index (χ1) is 12.6. The minimum Gasteiger partial charge on any atom is -0.351 e. The van der Waals surface area contributed by atoms with Gasteiger partial charge in [-0.2, -0.15) is 0 Å². The van der Waals surface area contributed by atoms with Crippen LogP contribution in [0.5, 0.6) is 0 Å². The minimum atomic E-state index is 0.00178. The highest BCUT2D eigenvalue weighted by Gasteiger charge is 2.16. The lowest BCUT2D eigenvalue weighted by Gasteiger charge is -2.18. The Labute approximate surface area is 159 Å². The first kappa shape index (κ1) is 18.4. The largest absolute Gasteiger partial charge is 0.351 e. The molecule has 0 fully saturated rings. The number of carbonyl (C=O) groups excluding carboxylic acids is 1. The molecule has 3 nitrogen and oxygen atoms in total. The molecule has 0 aliphatic heterocycles. The van der Waals surface area contributed by atoms with Crippen molar-refractivity contribution in [3.63, 3.8) is 0 Å². The normalized spacial score (nSPS) is 11.9. The number of nitrogens with one attached hydrogen (secondary N) is 2. The monoisotopic (exact) mass is 364 g/mol. The summed E-state index contributed by atoms with van der Waals surface area (Å²) in [5, 5.41) is 8.48. The third-order valence-corrected chi connectivity index (χ3v) is 5.38. The van der Waals surface area contributed by atoms with Crippen molar-refractivity contribution in [2.75, 3.05) is 6.54 Å². The van der Waals surface area contributed by atoms with Crippen molar-refractivity contribution in [1.82, 2.24) is 10.6 Å². The topological polar surface area (TPSA) is 41.1 Å². The number of rotatable bonds is 7. The third kappa shape index (κ3) is 4.81. The summed E-state index contributed by atoms with van der Waals surface area (Å²) >= 11 is 1.70. The molecule has 0 radical (unpaired) electrons. The fourth-order valence-electron chi connectivity index (χ4n) is 2.86. The maximum atomic E-state index is 12.3. The molecule has 1 heterocycles. The Hall–Kier alpha value is -2.43. The second-order valence-electron chi connectivity index (χ2n) is 6.44. The zero-order valence-electron chi connectivity index (χ0n) is 15.2. The minimum absolute atomic E-state index is 0.00178. The third-order valence-electron chi connectivity index (χ3n) is 4.44. The first-order valence-electron chi connectivity index (χ1n) is 8.78. The molecule has 0 aliphatic rings. The van der Waals surface area contributed by atoms with Gasteiger partial charge in [-0.1, -0.05) is 60.2 Å². The molecular weight excluding hydrogens is 340 g/mol. The predicted molar refractivity (Wildman–Crippen MR) is 108 cm³/mol. The highest BCUT2D eigenvalue weighted by atomic mass is 32.1. The van der Waals surface area contributed by atoms with Gasteiger partial charge in [-0.15, -0.1) is 11.3 Å². The molecule has 0 unspecified atom stereocenters. The van der Waals surface area contributed by atoms with Crippen molar-refractivity contribution >= 4 is 17.2 Å². The van der Waals surface area contributed by atoms with Crippen LogP contribution < -0.4 is 10.6 Å². The molecule has 3 rings (SSSR count). The standard InChI is InChI=1S/C22H24N2OS/c1-16-9-11-18(12-10-16)22(20-8-5-13-26-20)24-15-21(25)23-14-19-7-4-3-6-17(19)2/h3-13,22,24H,14-15H2,1-2H3,(H,23,25)/t22-/m1/s1. The van der Waals surface area contributed by atoms with Crippen molar-refractivity contribution < 1.29 is 4.79 Å². The number of benzene rings is 2. The quantitative estimate of drug-likeness (QED) is 0.654. The van der Waals surface area contributed by atoms with Crippen molar-refractivity contribution in [3.8, 4) is 0 Å². The van der Waals surface area contributed by atoms with Crippen LogP contribution in [-0.2, 0) is 11.3 Å². The molecular formula is C22H24N2OS. The van der Waals surface area contributed by atoms with Gasteiger partial charge in [0.25, 0.3) is 0 Å². The lowest BCUT2D eigenvalue weighted by atomic mass is 10.0. The van der Waals surface area contributed by atoms with Gasteiger partial charge in [0.15, 0.2) is 0 Å². The number of amides is 1. The fourth-order valence-corrected chi connectivity index (χ4v) is 3.68. The van der Waals surface area contributed by atoms with E-state index in [4.69, 9.17) is 0 Å². The van der Waals surface area contributed by atoms with Gasteiger partial charge >= 0.3 is 0 Å². The van der Waals surface area contributed by atoms with E-state index < -0.39 is 0 Å². The van der Waals surface area contributed by atoms with Crippen molar-refractivity contribution in [2.24, 2.45) is 0 Å². The van der Waals surface area contributed by atoms with Crippen molar-refractivity contribution in [2.45, 2.75) is 26.4 Å². The molecule has 4 heteroatoms. The molecule has 0 spiro atoms. The first-order valence-corrected chi connectivity index (χ1v) is 9.66. The van der Waals surface area contributed by atoms with Crippen LogP contribution in [0.25, 0.3) is 0 Å². The van der Waals surface area contributed by atoms with Gasteiger partial charge in [0, 0.05) is 11.4 Å². The Balaban J connectivity index is 1.61. The summed E-state index contributed by atoms with van der Waals surface area (Å²) < 4.78 is 0. The van der Waals surface area contributed by atoms with Crippen LogP contribution >= 0.6 is 11.3 Å². The zero-order chi connectivity index (χ0) is 18.4. The number of aryl methyl sites for hydroxylation is 2. The number of thiophene rings is 1. The molecule has 3 aromatic rings. The van der Waals surface area contributed by atoms with E-state index in [1.807, 2.05) is 24.3 Å². The van der Waals surface area contributed by atoms with Gasteiger partial charge in [-0.05, 0) is 42.0 Å². The second kappa shape index (κ2) is 8.79. The molecule has 2 aromatic carbocycles. The molecule has 1 amide bonds. The maximum absolute atomic E-state index is 12.3. The summed E-state index contributed by atoms with van der Waals surface area (Å²) in [4.78, 5) is 13.5. The Morgan fingerprint density at radius 2 is 1.77 bits per heavy atom. The Bertz CT molecular complexity index is 841. The lowest BCUT2D eigenvalue weighted by Crippen LogP contribution is -2.35. The van der Waals surface area contributed by atoms with E-state index in [9.17, 15) is 4.79 Å². The van der Waals surface area contributed by atoms with E-state index in [1.54, 1.807) is 11.3 Å². The number of carbonyl (C=O) groups is 1. The molecule has 0 bridgehead atoms. The Kier molecular flexibility index (Phi) is 6.21. The molecule has 134 valence electrons. The molecule has 1 atom stereocenters. The lowest BCUT2D eigenvalue weighted by molar-refractivity contribution is -0.120. The molecule has 1 aromatic heterocycles. The fraction of sp³-hybridized carbons (Fsp3) is 0.227. The van der Waals surface area contributed by atoms with Crippen molar-refractivity contribution in [3.05, 3.63) is 93.2 Å². The van der Waals surface area contributed by atoms with Gasteiger partial charge in [0.1, 0.15) is 0 Å². The zero-order valence-corrected chi connectivity index (χ0v) is 16.0. The molecule has 26 heavy (non-hydrogen) atoms. The van der Waals surface area contributed by atoms with E-state index in [0.29, 0.717) is 6.54 Å². The van der Waals surface area contributed by atoms with Crippen LogP contribution in [0.3, 0.4) is 0 Å². The summed E-state index contributed by atoms with van der Waals surface area (Å²) in [6, 6.07) is 20.7. The van der Waals surface area contributed by atoms with E-state index in [1.165, 1.54) is 21.6 Å². The van der Waals surface area contributed by atoms with E-state index in [0.717, 1.165) is 5.56 Å². The Morgan fingerprint density at radius 3 is 2.46 bits per heavy atom. The highest BCUT2D eigenvalue weighted by molar-refractivity contribution is 7.10. The van der Waals surface area contributed by atoms with Crippen LogP contribution in [-0.4, -0.2) is 12.5 Å². The number of hydrogen-bond donors (Lipinski definition) is 2. The van der Waals surface area contributed by atoms with E-state index >= 15 is 0 Å². The second-order valence-corrected chi connectivity index (χ2v) is 7.42. The summed E-state index contributed by atoms with van der Waals surface area (Å²) in [6.07, 6.45) is 0. The van der Waals surface area contributed by atoms with Crippen LogP contribution in [0.15, 0.2) is 66.0 Å².